The van der Waals surface area contributed by atoms with Crippen LogP contribution in [0.25, 0.3) is 0 Å². The number of halogens is 1. The summed E-state index contributed by atoms with van der Waals surface area (Å²) in [5, 5.41) is 11.4. The maximum absolute atomic E-state index is 13.7. The maximum atomic E-state index is 13.7. The lowest BCUT2D eigenvalue weighted by Gasteiger charge is -2.31. The molecule has 2 aromatic rings. The fourth-order valence-electron chi connectivity index (χ4n) is 2.87. The average Bonchev–Trinajstić information content (AvgIpc) is 2.58. The highest BCUT2D eigenvalue weighted by molar-refractivity contribution is 5.94. The molecular formula is C19H22FNO3. The molecule has 0 fully saturated rings. The smallest absolute Gasteiger partial charge is 0.249 e. The van der Waals surface area contributed by atoms with Crippen LogP contribution < -0.4 is 5.73 Å². The third kappa shape index (κ3) is 3.99. The molecule has 2 rings (SSSR count). The molecule has 0 spiro atoms. The minimum atomic E-state index is -1.50. The minimum Gasteiger partial charge on any atom is -0.385 e. The first kappa shape index (κ1) is 18.1. The van der Waals surface area contributed by atoms with Gasteiger partial charge in [0.15, 0.2) is 0 Å². The molecule has 0 bridgehead atoms. The van der Waals surface area contributed by atoms with Gasteiger partial charge in [-0.25, -0.2) is 4.39 Å². The Hall–Kier alpha value is -2.24. The molecule has 0 heterocycles. The third-order valence-electron chi connectivity index (χ3n) is 4.08. The van der Waals surface area contributed by atoms with E-state index in [0.29, 0.717) is 30.6 Å². The van der Waals surface area contributed by atoms with Crippen molar-refractivity contribution in [1.82, 2.24) is 0 Å². The van der Waals surface area contributed by atoms with Gasteiger partial charge in [0.25, 0.3) is 0 Å². The van der Waals surface area contributed by atoms with Crippen LogP contribution in [0.4, 0.5) is 4.39 Å². The van der Waals surface area contributed by atoms with Crippen molar-refractivity contribution < 1.29 is 19.0 Å². The monoisotopic (exact) mass is 331 g/mol. The Morgan fingerprint density at radius 2 is 1.96 bits per heavy atom. The summed E-state index contributed by atoms with van der Waals surface area (Å²) in [6.45, 7) is 0.566. The number of rotatable bonds is 8. The first-order chi connectivity index (χ1) is 11.5. The highest BCUT2D eigenvalue weighted by Crippen LogP contribution is 2.36. The summed E-state index contributed by atoms with van der Waals surface area (Å²) in [5.41, 5.74) is 4.97. The number of carbonyl (C=O) groups excluding carboxylic acids is 1. The molecule has 0 aliphatic heterocycles. The molecule has 2 aromatic carbocycles. The van der Waals surface area contributed by atoms with E-state index in [1.54, 1.807) is 37.4 Å². The van der Waals surface area contributed by atoms with Crippen LogP contribution in [0.3, 0.4) is 0 Å². The van der Waals surface area contributed by atoms with Crippen LogP contribution in [0.2, 0.25) is 0 Å². The van der Waals surface area contributed by atoms with Crippen molar-refractivity contribution in [3.05, 3.63) is 71.0 Å². The summed E-state index contributed by atoms with van der Waals surface area (Å²) in [6.07, 6.45) is 1.71. The number of primary amides is 1. The summed E-state index contributed by atoms with van der Waals surface area (Å²) < 4.78 is 18.7. The van der Waals surface area contributed by atoms with Gasteiger partial charge in [0.05, 0.1) is 0 Å². The molecule has 5 heteroatoms. The zero-order valence-corrected chi connectivity index (χ0v) is 13.7. The van der Waals surface area contributed by atoms with Gasteiger partial charge in [0, 0.05) is 24.8 Å². The molecule has 0 aliphatic carbocycles. The number of methoxy groups -OCH3 is 1. The Bertz CT molecular complexity index is 705. The van der Waals surface area contributed by atoms with Gasteiger partial charge in [0.2, 0.25) is 5.91 Å². The van der Waals surface area contributed by atoms with Gasteiger partial charge in [0.1, 0.15) is 11.4 Å². The standard InChI is InChI=1S/C19H22FNO3/c1-24-12-5-4-11-19(23,14-7-6-8-15(20)13-14)17-10-3-2-9-16(17)18(21)22/h2-3,6-10,13,23H,4-5,11-12H2,1H3,(H2,21,22). The lowest BCUT2D eigenvalue weighted by molar-refractivity contribution is 0.0629. The first-order valence-corrected chi connectivity index (χ1v) is 7.85. The van der Waals surface area contributed by atoms with Crippen LogP contribution in [0.5, 0.6) is 0 Å². The van der Waals surface area contributed by atoms with Crippen molar-refractivity contribution in [2.75, 3.05) is 13.7 Å². The van der Waals surface area contributed by atoms with Gasteiger partial charge < -0.3 is 15.6 Å². The van der Waals surface area contributed by atoms with E-state index in [1.165, 1.54) is 18.2 Å². The van der Waals surface area contributed by atoms with Gasteiger partial charge >= 0.3 is 0 Å². The first-order valence-electron chi connectivity index (χ1n) is 7.85. The predicted molar refractivity (Wildman–Crippen MR) is 90.1 cm³/mol. The molecule has 128 valence electrons. The molecule has 1 atom stereocenters. The van der Waals surface area contributed by atoms with Crippen molar-refractivity contribution in [1.29, 1.82) is 0 Å². The van der Waals surface area contributed by atoms with Crippen molar-refractivity contribution in [2.45, 2.75) is 24.9 Å². The van der Waals surface area contributed by atoms with Gasteiger partial charge in [-0.2, -0.15) is 0 Å². The number of amides is 1. The molecule has 1 unspecified atom stereocenters. The lowest BCUT2D eigenvalue weighted by Crippen LogP contribution is -2.31. The molecular weight excluding hydrogens is 309 g/mol. The van der Waals surface area contributed by atoms with Gasteiger partial charge in [-0.1, -0.05) is 30.3 Å². The summed E-state index contributed by atoms with van der Waals surface area (Å²) in [6, 6.07) is 12.4. The van der Waals surface area contributed by atoms with Crippen molar-refractivity contribution in [3.63, 3.8) is 0 Å². The predicted octanol–water partition coefficient (Wildman–Crippen LogP) is 2.98. The van der Waals surface area contributed by atoms with E-state index in [0.717, 1.165) is 6.42 Å². The summed E-state index contributed by atoms with van der Waals surface area (Å²) in [4.78, 5) is 11.8. The Labute approximate surface area is 141 Å². The molecule has 1 amide bonds. The second-order valence-electron chi connectivity index (χ2n) is 5.73. The van der Waals surface area contributed by atoms with E-state index in [2.05, 4.69) is 0 Å². The summed E-state index contributed by atoms with van der Waals surface area (Å²) in [7, 11) is 1.61. The molecule has 3 N–H and O–H groups in total. The van der Waals surface area contributed by atoms with E-state index < -0.39 is 17.3 Å². The van der Waals surface area contributed by atoms with Crippen LogP contribution in [-0.2, 0) is 10.3 Å². The Kier molecular flexibility index (Phi) is 6.06. The SMILES string of the molecule is COCCCCC(O)(c1cccc(F)c1)c1ccccc1C(N)=O. The van der Waals surface area contributed by atoms with Crippen molar-refractivity contribution >= 4 is 5.91 Å². The Morgan fingerprint density at radius 1 is 1.21 bits per heavy atom. The summed E-state index contributed by atoms with van der Waals surface area (Å²) in [5.74, 6) is -1.07. The number of carbonyl (C=O) groups is 1. The molecule has 0 saturated carbocycles. The van der Waals surface area contributed by atoms with Crippen LogP contribution in [-0.4, -0.2) is 24.7 Å². The van der Waals surface area contributed by atoms with Gasteiger partial charge in [-0.05, 0) is 43.0 Å². The number of nitrogens with two attached hydrogens (primary N) is 1. The average molecular weight is 331 g/mol. The zero-order chi connectivity index (χ0) is 17.6. The molecule has 0 aliphatic rings. The number of unbranched alkanes of at least 4 members (excludes halogenated alkanes) is 1. The van der Waals surface area contributed by atoms with Gasteiger partial charge in [-0.3, -0.25) is 4.79 Å². The number of aliphatic hydroxyl groups is 1. The minimum absolute atomic E-state index is 0.232. The van der Waals surface area contributed by atoms with Crippen LogP contribution in [0, 0.1) is 5.82 Å². The van der Waals surface area contributed by atoms with E-state index in [9.17, 15) is 14.3 Å². The highest BCUT2D eigenvalue weighted by atomic mass is 19.1. The Balaban J connectivity index is 2.49. The summed E-state index contributed by atoms with van der Waals surface area (Å²) >= 11 is 0. The van der Waals surface area contributed by atoms with E-state index >= 15 is 0 Å². The number of ether oxygens (including phenoxy) is 1. The van der Waals surface area contributed by atoms with Crippen molar-refractivity contribution in [3.8, 4) is 0 Å². The van der Waals surface area contributed by atoms with E-state index in [1.807, 2.05) is 0 Å². The van der Waals surface area contributed by atoms with Crippen LogP contribution in [0.1, 0.15) is 40.7 Å². The quantitative estimate of drug-likeness (QED) is 0.731. The maximum Gasteiger partial charge on any atom is 0.249 e. The molecule has 0 saturated heterocycles. The fourth-order valence-corrected chi connectivity index (χ4v) is 2.87. The largest absolute Gasteiger partial charge is 0.385 e. The number of hydrogen-bond donors (Lipinski definition) is 2. The van der Waals surface area contributed by atoms with Crippen molar-refractivity contribution in [2.24, 2.45) is 5.73 Å². The van der Waals surface area contributed by atoms with Crippen LogP contribution >= 0.6 is 0 Å². The second kappa shape index (κ2) is 8.04. The lowest BCUT2D eigenvalue weighted by atomic mass is 9.80. The van der Waals surface area contributed by atoms with E-state index in [4.69, 9.17) is 10.5 Å². The molecule has 4 nitrogen and oxygen atoms in total. The third-order valence-corrected chi connectivity index (χ3v) is 4.08. The van der Waals surface area contributed by atoms with Crippen LogP contribution in [0.15, 0.2) is 48.5 Å². The number of benzene rings is 2. The van der Waals surface area contributed by atoms with E-state index in [-0.39, 0.29) is 5.56 Å². The molecule has 24 heavy (non-hydrogen) atoms. The zero-order valence-electron chi connectivity index (χ0n) is 13.7. The molecule has 0 radical (unpaired) electrons. The van der Waals surface area contributed by atoms with Gasteiger partial charge in [-0.15, -0.1) is 0 Å². The molecule has 0 aromatic heterocycles. The fraction of sp³-hybridized carbons (Fsp3) is 0.316. The topological polar surface area (TPSA) is 72.6 Å². The Morgan fingerprint density at radius 3 is 2.62 bits per heavy atom. The normalized spacial score (nSPS) is 13.5. The number of hydrogen-bond acceptors (Lipinski definition) is 3. The highest BCUT2D eigenvalue weighted by Gasteiger charge is 2.34. The second-order valence-corrected chi connectivity index (χ2v) is 5.73.